The number of carbonyl (C=O) groups excluding carboxylic acids is 1. The second-order valence-electron chi connectivity index (χ2n) is 6.08. The second-order valence-corrected chi connectivity index (χ2v) is 6.08. The Labute approximate surface area is 137 Å². The molecule has 2 aromatic heterocycles. The third-order valence-corrected chi connectivity index (χ3v) is 4.51. The topological polar surface area (TPSA) is 102 Å². The zero-order valence-corrected chi connectivity index (χ0v) is 13.0. The van der Waals surface area contributed by atoms with Crippen molar-refractivity contribution in [2.75, 3.05) is 13.2 Å². The molecule has 4 rings (SSSR count). The summed E-state index contributed by atoms with van der Waals surface area (Å²) in [6, 6.07) is 4.88. The van der Waals surface area contributed by atoms with E-state index in [9.17, 15) is 14.7 Å². The number of aliphatic hydroxyl groups is 1. The van der Waals surface area contributed by atoms with Crippen molar-refractivity contribution < 1.29 is 19.4 Å². The van der Waals surface area contributed by atoms with Crippen LogP contribution in [0.25, 0.3) is 5.65 Å². The first kappa shape index (κ1) is 15.3. The van der Waals surface area contributed by atoms with E-state index in [2.05, 4.69) is 10.3 Å². The summed E-state index contributed by atoms with van der Waals surface area (Å²) < 4.78 is 12.3. The number of ether oxygens (including phenoxy) is 2. The summed E-state index contributed by atoms with van der Waals surface area (Å²) in [6.07, 6.45) is -0.243. The van der Waals surface area contributed by atoms with E-state index in [1.165, 1.54) is 10.6 Å². The molecule has 0 saturated carbocycles. The minimum atomic E-state index is -0.687. The maximum absolute atomic E-state index is 12.6. The first-order chi connectivity index (χ1) is 11.6. The van der Waals surface area contributed by atoms with E-state index < -0.39 is 35.8 Å². The van der Waals surface area contributed by atoms with Gasteiger partial charge >= 0.3 is 0 Å². The van der Waals surface area contributed by atoms with Crippen molar-refractivity contribution in [3.8, 4) is 0 Å². The Balaban J connectivity index is 1.61. The van der Waals surface area contributed by atoms with Gasteiger partial charge in [-0.25, -0.2) is 4.98 Å². The van der Waals surface area contributed by atoms with Gasteiger partial charge in [-0.05, 0) is 19.1 Å². The van der Waals surface area contributed by atoms with E-state index in [4.69, 9.17) is 9.47 Å². The van der Waals surface area contributed by atoms with Crippen LogP contribution in [0.15, 0.2) is 29.2 Å². The molecule has 24 heavy (non-hydrogen) atoms. The number of pyridine rings is 1. The lowest BCUT2D eigenvalue weighted by atomic mass is 10.1. The molecule has 2 aliphatic heterocycles. The molecule has 4 heterocycles. The number of aromatic nitrogens is 2. The molecule has 0 aromatic carbocycles. The van der Waals surface area contributed by atoms with Gasteiger partial charge in [-0.3, -0.25) is 14.0 Å². The monoisotopic (exact) mass is 331 g/mol. The average Bonchev–Trinajstić information content (AvgIpc) is 3.12. The fourth-order valence-corrected chi connectivity index (χ4v) is 3.28. The van der Waals surface area contributed by atoms with Gasteiger partial charge in [0, 0.05) is 11.9 Å². The minimum Gasteiger partial charge on any atom is -0.388 e. The van der Waals surface area contributed by atoms with Crippen molar-refractivity contribution >= 4 is 11.6 Å². The summed E-state index contributed by atoms with van der Waals surface area (Å²) in [6.45, 7) is 2.20. The maximum atomic E-state index is 12.6. The maximum Gasteiger partial charge on any atom is 0.270 e. The summed E-state index contributed by atoms with van der Waals surface area (Å²) >= 11 is 0. The average molecular weight is 331 g/mol. The molecule has 0 aliphatic carbocycles. The van der Waals surface area contributed by atoms with Gasteiger partial charge in [0.05, 0.1) is 19.3 Å². The second kappa shape index (κ2) is 5.66. The Kier molecular flexibility index (Phi) is 3.60. The minimum absolute atomic E-state index is 0.0382. The first-order valence-corrected chi connectivity index (χ1v) is 7.76. The number of hydrogen-bond acceptors (Lipinski definition) is 6. The molecular weight excluding hydrogens is 314 g/mol. The molecule has 8 heteroatoms. The van der Waals surface area contributed by atoms with Crippen molar-refractivity contribution in [3.05, 3.63) is 46.0 Å². The summed E-state index contributed by atoms with van der Waals surface area (Å²) in [7, 11) is 0. The van der Waals surface area contributed by atoms with E-state index in [1.807, 2.05) is 0 Å². The molecule has 2 saturated heterocycles. The molecule has 2 aromatic rings. The Morgan fingerprint density at radius 1 is 1.33 bits per heavy atom. The molecule has 2 aliphatic rings. The van der Waals surface area contributed by atoms with Gasteiger partial charge in [-0.1, -0.05) is 6.07 Å². The molecular formula is C16H17N3O5. The highest BCUT2D eigenvalue weighted by Crippen LogP contribution is 2.27. The van der Waals surface area contributed by atoms with Crippen LogP contribution in [0.5, 0.6) is 0 Å². The fraction of sp³-hybridized carbons (Fsp3) is 0.438. The number of nitrogens with one attached hydrogen (secondary N) is 1. The standard InChI is InChI=1S/C16H17N3O5/c1-8-3-2-4-12-17-5-9(16(22)19(8)12)15(21)18-10-6-23-14-11(20)7-24-13(10)14/h2-5,10-11,13-14,20H,6-7H2,1H3,(H,18,21)/t10-,11-,13-,14-/m1/s1. The number of aliphatic hydroxyl groups excluding tert-OH is 1. The molecule has 8 nitrogen and oxygen atoms in total. The van der Waals surface area contributed by atoms with Crippen LogP contribution in [0.3, 0.4) is 0 Å². The SMILES string of the molecule is Cc1cccc2ncc(C(=O)N[C@@H]3CO[C@H]4[C@@H]3OC[C@H]4O)c(=O)n12. The third-order valence-electron chi connectivity index (χ3n) is 4.51. The van der Waals surface area contributed by atoms with Crippen LogP contribution >= 0.6 is 0 Å². The summed E-state index contributed by atoms with van der Waals surface area (Å²) in [5.74, 6) is -0.524. The third kappa shape index (κ3) is 2.31. The van der Waals surface area contributed by atoms with Crippen molar-refractivity contribution in [2.45, 2.75) is 31.3 Å². The number of aryl methyl sites for hydroxylation is 1. The number of hydrogen-bond donors (Lipinski definition) is 2. The van der Waals surface area contributed by atoms with Crippen molar-refractivity contribution in [1.82, 2.24) is 14.7 Å². The van der Waals surface area contributed by atoms with Crippen LogP contribution in [0.2, 0.25) is 0 Å². The molecule has 0 spiro atoms. The quantitative estimate of drug-likeness (QED) is 0.751. The van der Waals surface area contributed by atoms with E-state index in [-0.39, 0.29) is 18.8 Å². The molecule has 0 unspecified atom stereocenters. The van der Waals surface area contributed by atoms with Crippen LogP contribution in [-0.4, -0.2) is 58.0 Å². The lowest BCUT2D eigenvalue weighted by molar-refractivity contribution is 0.0178. The highest BCUT2D eigenvalue weighted by atomic mass is 16.6. The Morgan fingerprint density at radius 2 is 2.12 bits per heavy atom. The number of carbonyl (C=O) groups is 1. The van der Waals surface area contributed by atoms with Crippen LogP contribution in [0.4, 0.5) is 0 Å². The van der Waals surface area contributed by atoms with Gasteiger partial charge in [-0.15, -0.1) is 0 Å². The van der Waals surface area contributed by atoms with Crippen LogP contribution in [0, 0.1) is 6.92 Å². The lowest BCUT2D eigenvalue weighted by Crippen LogP contribution is -2.45. The van der Waals surface area contributed by atoms with Crippen LogP contribution in [0.1, 0.15) is 16.1 Å². The number of nitrogens with zero attached hydrogens (tertiary/aromatic N) is 2. The fourth-order valence-electron chi connectivity index (χ4n) is 3.28. The highest BCUT2D eigenvalue weighted by Gasteiger charge is 2.47. The number of rotatable bonds is 2. The van der Waals surface area contributed by atoms with Gasteiger partial charge in [-0.2, -0.15) is 0 Å². The smallest absolute Gasteiger partial charge is 0.270 e. The molecule has 0 radical (unpaired) electrons. The zero-order chi connectivity index (χ0) is 16.8. The van der Waals surface area contributed by atoms with Gasteiger partial charge in [0.2, 0.25) is 0 Å². The molecule has 2 N–H and O–H groups in total. The zero-order valence-electron chi connectivity index (χ0n) is 13.0. The van der Waals surface area contributed by atoms with E-state index in [0.29, 0.717) is 11.3 Å². The first-order valence-electron chi connectivity index (χ1n) is 7.76. The summed E-state index contributed by atoms with van der Waals surface area (Å²) in [4.78, 5) is 29.3. The summed E-state index contributed by atoms with van der Waals surface area (Å²) in [5, 5.41) is 12.5. The largest absolute Gasteiger partial charge is 0.388 e. The van der Waals surface area contributed by atoms with Gasteiger partial charge in [0.1, 0.15) is 29.5 Å². The predicted molar refractivity (Wildman–Crippen MR) is 82.9 cm³/mol. The van der Waals surface area contributed by atoms with E-state index in [0.717, 1.165) is 0 Å². The summed E-state index contributed by atoms with van der Waals surface area (Å²) in [5.41, 5.74) is 0.733. The van der Waals surface area contributed by atoms with Crippen LogP contribution in [-0.2, 0) is 9.47 Å². The Morgan fingerprint density at radius 3 is 2.96 bits per heavy atom. The van der Waals surface area contributed by atoms with Crippen LogP contribution < -0.4 is 10.9 Å². The molecule has 0 bridgehead atoms. The Bertz CT molecular complexity index is 864. The van der Waals surface area contributed by atoms with Gasteiger partial charge < -0.3 is 19.9 Å². The number of fused-ring (bicyclic) bond motifs is 2. The molecule has 2 fully saturated rings. The van der Waals surface area contributed by atoms with E-state index in [1.54, 1.807) is 25.1 Å². The predicted octanol–water partition coefficient (Wildman–Crippen LogP) is -0.740. The van der Waals surface area contributed by atoms with Crippen molar-refractivity contribution in [2.24, 2.45) is 0 Å². The molecule has 1 amide bonds. The lowest BCUT2D eigenvalue weighted by Gasteiger charge is -2.17. The van der Waals surface area contributed by atoms with Crippen molar-refractivity contribution in [3.63, 3.8) is 0 Å². The van der Waals surface area contributed by atoms with Gasteiger partial charge in [0.25, 0.3) is 11.5 Å². The number of amides is 1. The normalized spacial score (nSPS) is 28.9. The molecule has 4 atom stereocenters. The van der Waals surface area contributed by atoms with Crippen molar-refractivity contribution in [1.29, 1.82) is 0 Å². The van der Waals surface area contributed by atoms with Gasteiger partial charge in [0.15, 0.2) is 0 Å². The van der Waals surface area contributed by atoms with E-state index >= 15 is 0 Å². The molecule has 126 valence electrons. The Hall–Kier alpha value is -2.29. The highest BCUT2D eigenvalue weighted by molar-refractivity contribution is 5.94.